The molecule has 0 nitrogen and oxygen atoms in total. The first-order valence-electron chi connectivity index (χ1n) is 5.81. The zero-order valence-electron chi connectivity index (χ0n) is 9.49. The lowest BCUT2D eigenvalue weighted by Gasteiger charge is -2.07. The molecule has 2 aromatic carbocycles. The summed E-state index contributed by atoms with van der Waals surface area (Å²) < 4.78 is 0. The first kappa shape index (κ1) is 10.6. The van der Waals surface area contributed by atoms with Crippen LogP contribution >= 0.6 is 11.6 Å². The Labute approximate surface area is 107 Å². The molecule has 0 unspecified atom stereocenters. The molecule has 1 aliphatic carbocycles. The minimum atomic E-state index is 0.561. The lowest BCUT2D eigenvalue weighted by atomic mass is 9.98. The highest BCUT2D eigenvalue weighted by molar-refractivity contribution is 6.24. The molecule has 0 radical (unpaired) electrons. The van der Waals surface area contributed by atoms with Gasteiger partial charge >= 0.3 is 0 Å². The van der Waals surface area contributed by atoms with E-state index >= 15 is 0 Å². The highest BCUT2D eigenvalue weighted by Crippen LogP contribution is 2.30. The lowest BCUT2D eigenvalue weighted by molar-refractivity contribution is 1.18. The molecule has 2 aromatic rings. The van der Waals surface area contributed by atoms with Crippen molar-refractivity contribution in [2.45, 2.75) is 6.42 Å². The molecular formula is C16H13Cl. The van der Waals surface area contributed by atoms with Crippen molar-refractivity contribution >= 4 is 23.3 Å². The van der Waals surface area contributed by atoms with Gasteiger partial charge in [0.2, 0.25) is 0 Å². The van der Waals surface area contributed by atoms with Crippen LogP contribution in [0.3, 0.4) is 0 Å². The van der Waals surface area contributed by atoms with E-state index in [-0.39, 0.29) is 0 Å². The van der Waals surface area contributed by atoms with E-state index in [1.807, 2.05) is 0 Å². The van der Waals surface area contributed by atoms with Crippen LogP contribution in [-0.4, -0.2) is 5.88 Å². The van der Waals surface area contributed by atoms with Crippen LogP contribution in [0.5, 0.6) is 0 Å². The number of alkyl halides is 1. The van der Waals surface area contributed by atoms with E-state index in [1.165, 1.54) is 27.8 Å². The Kier molecular flexibility index (Phi) is 2.74. The second-order valence-corrected chi connectivity index (χ2v) is 4.60. The highest BCUT2D eigenvalue weighted by atomic mass is 35.5. The minimum absolute atomic E-state index is 0.561. The first-order valence-corrected chi connectivity index (χ1v) is 6.34. The molecule has 0 saturated heterocycles. The predicted molar refractivity (Wildman–Crippen MR) is 74.3 cm³/mol. The molecule has 0 aromatic heterocycles. The van der Waals surface area contributed by atoms with Gasteiger partial charge in [-0.25, -0.2) is 0 Å². The largest absolute Gasteiger partial charge is 0.122 e. The van der Waals surface area contributed by atoms with Crippen molar-refractivity contribution in [2.24, 2.45) is 0 Å². The molecule has 0 atom stereocenters. The summed E-state index contributed by atoms with van der Waals surface area (Å²) in [5.74, 6) is 0.561. The molecule has 0 saturated carbocycles. The van der Waals surface area contributed by atoms with Crippen molar-refractivity contribution < 1.29 is 0 Å². The smallest absolute Gasteiger partial charge is 0.0480 e. The van der Waals surface area contributed by atoms with E-state index < -0.39 is 0 Å². The number of benzene rings is 2. The molecule has 17 heavy (non-hydrogen) atoms. The molecular weight excluding hydrogens is 228 g/mol. The van der Waals surface area contributed by atoms with Gasteiger partial charge in [0.1, 0.15) is 0 Å². The summed E-state index contributed by atoms with van der Waals surface area (Å²) in [5, 5.41) is 0. The summed E-state index contributed by atoms with van der Waals surface area (Å²) in [6.07, 6.45) is 3.21. The normalized spacial score (nSPS) is 13.4. The number of halogens is 1. The maximum absolute atomic E-state index is 6.08. The monoisotopic (exact) mass is 240 g/mol. The highest BCUT2D eigenvalue weighted by Gasteiger charge is 2.13. The third-order valence-electron chi connectivity index (χ3n) is 3.27. The summed E-state index contributed by atoms with van der Waals surface area (Å²) in [4.78, 5) is 0. The fraction of sp³-hybridized carbons (Fsp3) is 0.125. The fourth-order valence-corrected chi connectivity index (χ4v) is 2.63. The number of hydrogen-bond donors (Lipinski definition) is 0. The predicted octanol–water partition coefficient (Wildman–Crippen LogP) is 4.37. The van der Waals surface area contributed by atoms with Gasteiger partial charge in [0.25, 0.3) is 0 Å². The summed E-state index contributed by atoms with van der Waals surface area (Å²) >= 11 is 6.08. The standard InChI is InChI=1S/C16H13Cl/c17-11-15-10-13-6-2-1-5-12(13)9-14-7-3-4-8-16(14)15/h1-8,10H,9,11H2. The van der Waals surface area contributed by atoms with Crippen molar-refractivity contribution in [3.05, 3.63) is 70.8 Å². The van der Waals surface area contributed by atoms with E-state index in [0.717, 1.165) is 6.42 Å². The molecule has 0 aliphatic heterocycles. The van der Waals surface area contributed by atoms with Crippen molar-refractivity contribution in [3.8, 4) is 0 Å². The van der Waals surface area contributed by atoms with Crippen LogP contribution in [0.15, 0.2) is 48.5 Å². The van der Waals surface area contributed by atoms with Crippen molar-refractivity contribution in [1.29, 1.82) is 0 Å². The van der Waals surface area contributed by atoms with Gasteiger partial charge in [0, 0.05) is 5.88 Å². The Morgan fingerprint density at radius 3 is 2.41 bits per heavy atom. The maximum Gasteiger partial charge on any atom is 0.0480 e. The number of allylic oxidation sites excluding steroid dienone is 1. The van der Waals surface area contributed by atoms with Crippen LogP contribution in [0.2, 0.25) is 0 Å². The van der Waals surface area contributed by atoms with E-state index in [0.29, 0.717) is 5.88 Å². The summed E-state index contributed by atoms with van der Waals surface area (Å²) in [5.41, 5.74) is 6.54. The van der Waals surface area contributed by atoms with Crippen LogP contribution in [0.4, 0.5) is 0 Å². The zero-order chi connectivity index (χ0) is 11.7. The van der Waals surface area contributed by atoms with Crippen LogP contribution in [-0.2, 0) is 6.42 Å². The third-order valence-corrected chi connectivity index (χ3v) is 3.56. The molecule has 0 amide bonds. The minimum Gasteiger partial charge on any atom is -0.122 e. The molecule has 3 rings (SSSR count). The van der Waals surface area contributed by atoms with Crippen LogP contribution in [0.1, 0.15) is 22.3 Å². The Morgan fingerprint density at radius 2 is 1.59 bits per heavy atom. The number of fused-ring (bicyclic) bond motifs is 2. The van der Waals surface area contributed by atoms with Gasteiger partial charge in [0.15, 0.2) is 0 Å². The first-order chi connectivity index (χ1) is 8.38. The summed E-state index contributed by atoms with van der Waals surface area (Å²) in [6.45, 7) is 0. The van der Waals surface area contributed by atoms with E-state index in [1.54, 1.807) is 0 Å². The Hall–Kier alpha value is -1.53. The SMILES string of the molecule is ClCC1=Cc2ccccc2Cc2ccccc21. The van der Waals surface area contributed by atoms with Gasteiger partial charge in [-0.1, -0.05) is 48.5 Å². The zero-order valence-corrected chi connectivity index (χ0v) is 10.2. The Morgan fingerprint density at radius 1 is 0.882 bits per heavy atom. The average molecular weight is 241 g/mol. The second kappa shape index (κ2) is 4.38. The van der Waals surface area contributed by atoms with Gasteiger partial charge in [-0.15, -0.1) is 11.6 Å². The Bertz CT molecular complexity index is 582. The molecule has 1 aliphatic rings. The molecule has 84 valence electrons. The number of rotatable bonds is 1. The second-order valence-electron chi connectivity index (χ2n) is 4.34. The lowest BCUT2D eigenvalue weighted by Crippen LogP contribution is -1.93. The summed E-state index contributed by atoms with van der Waals surface area (Å²) in [7, 11) is 0. The van der Waals surface area contributed by atoms with Gasteiger partial charge in [-0.2, -0.15) is 0 Å². The van der Waals surface area contributed by atoms with Crippen LogP contribution in [0, 0.1) is 0 Å². The molecule has 1 heteroatoms. The number of hydrogen-bond acceptors (Lipinski definition) is 0. The molecule has 0 fully saturated rings. The molecule has 0 spiro atoms. The van der Waals surface area contributed by atoms with Gasteiger partial charge in [-0.3, -0.25) is 0 Å². The van der Waals surface area contributed by atoms with E-state index in [4.69, 9.17) is 11.6 Å². The van der Waals surface area contributed by atoms with E-state index in [2.05, 4.69) is 54.6 Å². The average Bonchev–Trinajstić information content (AvgIpc) is 2.54. The topological polar surface area (TPSA) is 0 Å². The Balaban J connectivity index is 2.24. The van der Waals surface area contributed by atoms with Crippen molar-refractivity contribution in [1.82, 2.24) is 0 Å². The van der Waals surface area contributed by atoms with Gasteiger partial charge in [0.05, 0.1) is 0 Å². The van der Waals surface area contributed by atoms with Crippen LogP contribution in [0.25, 0.3) is 11.6 Å². The van der Waals surface area contributed by atoms with Crippen molar-refractivity contribution in [3.63, 3.8) is 0 Å². The molecule has 0 bridgehead atoms. The van der Waals surface area contributed by atoms with Gasteiger partial charge in [-0.05, 0) is 40.3 Å². The fourth-order valence-electron chi connectivity index (χ4n) is 2.40. The molecule has 0 N–H and O–H groups in total. The quantitative estimate of drug-likeness (QED) is 0.650. The maximum atomic E-state index is 6.08. The van der Waals surface area contributed by atoms with Gasteiger partial charge < -0.3 is 0 Å². The summed E-state index contributed by atoms with van der Waals surface area (Å²) in [6, 6.07) is 17.1. The van der Waals surface area contributed by atoms with Crippen LogP contribution < -0.4 is 0 Å². The molecule has 0 heterocycles. The van der Waals surface area contributed by atoms with E-state index in [9.17, 15) is 0 Å². The van der Waals surface area contributed by atoms with Crippen molar-refractivity contribution in [2.75, 3.05) is 5.88 Å². The third kappa shape index (κ3) is 1.89.